The van der Waals surface area contributed by atoms with E-state index in [2.05, 4.69) is 86.8 Å². The molecule has 1 unspecified atom stereocenters. The Labute approximate surface area is 467 Å². The number of esters is 2. The normalized spacial score (nSPS) is 12.6. The molecule has 0 aromatic heterocycles. The Morgan fingerprint density at radius 2 is 0.573 bits per heavy atom. The summed E-state index contributed by atoms with van der Waals surface area (Å²) in [5.74, 6) is -0.575. The van der Waals surface area contributed by atoms with Crippen LogP contribution >= 0.6 is 0 Å². The molecule has 0 heterocycles. The minimum Gasteiger partial charge on any atom is -0.462 e. The summed E-state index contributed by atoms with van der Waals surface area (Å²) >= 11 is 0. The third-order valence-corrected chi connectivity index (χ3v) is 14.8. The SMILES string of the molecule is CC/C=C\C/C=C\C/C=C\C/C=C\C/C=C\C/C=C\CCCCCCCCCCCCCCCCC(=O)OC(CO)COC(=O)CCCCCCCCCCCCCCCCCCCCCCCCCCCCCC. The van der Waals surface area contributed by atoms with Crippen molar-refractivity contribution in [3.05, 3.63) is 72.9 Å². The molecule has 0 saturated heterocycles. The van der Waals surface area contributed by atoms with Crippen molar-refractivity contribution in [2.45, 2.75) is 347 Å². The van der Waals surface area contributed by atoms with Crippen LogP contribution in [0.5, 0.6) is 0 Å². The van der Waals surface area contributed by atoms with Gasteiger partial charge in [-0.15, -0.1) is 0 Å². The molecule has 0 aromatic rings. The summed E-state index contributed by atoms with van der Waals surface area (Å²) in [6.07, 6.45) is 90.6. The summed E-state index contributed by atoms with van der Waals surface area (Å²) in [6.45, 7) is 4.07. The van der Waals surface area contributed by atoms with E-state index in [1.807, 2.05) is 0 Å². The number of rotatable bonds is 61. The molecule has 436 valence electrons. The molecule has 0 aliphatic rings. The van der Waals surface area contributed by atoms with Crippen LogP contribution in [0.1, 0.15) is 341 Å². The highest BCUT2D eigenvalue weighted by molar-refractivity contribution is 5.70. The van der Waals surface area contributed by atoms with Gasteiger partial charge in [0.15, 0.2) is 6.10 Å². The molecule has 0 saturated carbocycles. The zero-order valence-corrected chi connectivity index (χ0v) is 50.1. The second-order valence-electron chi connectivity index (χ2n) is 22.2. The maximum absolute atomic E-state index is 12.4. The molecular weight excluding hydrogens is 921 g/mol. The molecular formula is C70H126O5. The van der Waals surface area contributed by atoms with Crippen LogP contribution in [0.3, 0.4) is 0 Å². The van der Waals surface area contributed by atoms with Crippen molar-refractivity contribution < 1.29 is 24.2 Å². The van der Waals surface area contributed by atoms with Crippen molar-refractivity contribution >= 4 is 11.9 Å². The number of carbonyl (C=O) groups excluding carboxylic acids is 2. The second-order valence-corrected chi connectivity index (χ2v) is 22.2. The summed E-state index contributed by atoms with van der Waals surface area (Å²) in [5.41, 5.74) is 0. The van der Waals surface area contributed by atoms with Crippen LogP contribution in [0.15, 0.2) is 72.9 Å². The van der Waals surface area contributed by atoms with Gasteiger partial charge in [-0.25, -0.2) is 0 Å². The highest BCUT2D eigenvalue weighted by Crippen LogP contribution is 2.18. The second kappa shape index (κ2) is 65.6. The molecule has 5 heteroatoms. The van der Waals surface area contributed by atoms with Crippen molar-refractivity contribution in [1.82, 2.24) is 0 Å². The zero-order valence-electron chi connectivity index (χ0n) is 50.1. The Kier molecular flexibility index (Phi) is 63.3. The van der Waals surface area contributed by atoms with Crippen LogP contribution < -0.4 is 0 Å². The van der Waals surface area contributed by atoms with Gasteiger partial charge in [0.05, 0.1) is 6.61 Å². The number of aliphatic hydroxyl groups excluding tert-OH is 1. The van der Waals surface area contributed by atoms with Crippen LogP contribution in [0.25, 0.3) is 0 Å². The molecule has 0 fully saturated rings. The molecule has 0 spiro atoms. The molecule has 0 aliphatic heterocycles. The average Bonchev–Trinajstić information content (AvgIpc) is 3.41. The largest absolute Gasteiger partial charge is 0.462 e. The topological polar surface area (TPSA) is 72.8 Å². The molecule has 1 N–H and O–H groups in total. The van der Waals surface area contributed by atoms with Gasteiger partial charge in [-0.2, -0.15) is 0 Å². The third-order valence-electron chi connectivity index (χ3n) is 14.8. The predicted molar refractivity (Wildman–Crippen MR) is 330 cm³/mol. The Morgan fingerprint density at radius 3 is 0.867 bits per heavy atom. The summed E-state index contributed by atoms with van der Waals surface area (Å²) in [5, 5.41) is 9.69. The standard InChI is InChI=1S/C70H126O5/c1-3-5-7-9-11-13-15-17-19-21-23-25-27-29-31-33-34-35-36-37-39-41-43-45-47-49-51-53-55-57-59-61-63-65-70(73)75-68(66-71)67-74-69(72)64-62-60-58-56-54-52-50-48-46-44-42-40-38-32-30-28-26-24-22-20-18-16-14-12-10-8-6-4-2/h5,7,11,13,17,19,23,25,29,31,34-35,68,71H,3-4,6,8-10,12,14-16,18,20-22,24,26-28,30,32-33,36-67H2,1-2H3/b7-5-,13-11-,19-17-,25-23-,31-29-,35-34-. The Morgan fingerprint density at radius 1 is 0.320 bits per heavy atom. The van der Waals surface area contributed by atoms with Crippen molar-refractivity contribution in [3.8, 4) is 0 Å². The fourth-order valence-electron chi connectivity index (χ4n) is 9.86. The summed E-state index contributed by atoms with van der Waals surface area (Å²) in [7, 11) is 0. The van der Waals surface area contributed by atoms with Crippen molar-refractivity contribution in [2.75, 3.05) is 13.2 Å². The predicted octanol–water partition coefficient (Wildman–Crippen LogP) is 22.7. The van der Waals surface area contributed by atoms with Gasteiger partial charge in [0.25, 0.3) is 0 Å². The van der Waals surface area contributed by atoms with E-state index in [0.717, 1.165) is 77.0 Å². The Hall–Kier alpha value is -2.66. The summed E-state index contributed by atoms with van der Waals surface area (Å²) in [6, 6.07) is 0. The maximum Gasteiger partial charge on any atom is 0.306 e. The van der Waals surface area contributed by atoms with Gasteiger partial charge in [0.2, 0.25) is 0 Å². The molecule has 0 radical (unpaired) electrons. The number of carbonyl (C=O) groups is 2. The number of hydrogen-bond acceptors (Lipinski definition) is 5. The Bertz CT molecular complexity index is 1320. The lowest BCUT2D eigenvalue weighted by molar-refractivity contribution is -0.161. The van der Waals surface area contributed by atoms with Gasteiger partial charge in [0.1, 0.15) is 6.61 Å². The van der Waals surface area contributed by atoms with Gasteiger partial charge in [-0.05, 0) is 64.2 Å². The number of aliphatic hydroxyl groups is 1. The zero-order chi connectivity index (χ0) is 54.1. The van der Waals surface area contributed by atoms with Crippen molar-refractivity contribution in [2.24, 2.45) is 0 Å². The molecule has 75 heavy (non-hydrogen) atoms. The maximum atomic E-state index is 12.4. The van der Waals surface area contributed by atoms with Gasteiger partial charge >= 0.3 is 11.9 Å². The van der Waals surface area contributed by atoms with E-state index in [9.17, 15) is 14.7 Å². The lowest BCUT2D eigenvalue weighted by Crippen LogP contribution is -2.28. The first-order valence-corrected chi connectivity index (χ1v) is 33.0. The van der Waals surface area contributed by atoms with Crippen LogP contribution in [-0.2, 0) is 19.1 Å². The monoisotopic (exact) mass is 1050 g/mol. The molecule has 0 rings (SSSR count). The summed E-state index contributed by atoms with van der Waals surface area (Å²) < 4.78 is 10.8. The fraction of sp³-hybridized carbons (Fsp3) is 0.800. The number of ether oxygens (including phenoxy) is 2. The summed E-state index contributed by atoms with van der Waals surface area (Å²) in [4.78, 5) is 24.6. The minimum absolute atomic E-state index is 0.0632. The number of unbranched alkanes of at least 4 members (excludes halogenated alkanes) is 41. The van der Waals surface area contributed by atoms with Gasteiger partial charge < -0.3 is 14.6 Å². The number of hydrogen-bond donors (Lipinski definition) is 1. The molecule has 0 bridgehead atoms. The van der Waals surface area contributed by atoms with Crippen LogP contribution in [0, 0.1) is 0 Å². The van der Waals surface area contributed by atoms with Gasteiger partial charge in [-0.1, -0.05) is 337 Å². The van der Waals surface area contributed by atoms with E-state index in [0.29, 0.717) is 12.8 Å². The molecule has 1 atom stereocenters. The van der Waals surface area contributed by atoms with E-state index < -0.39 is 6.10 Å². The molecule has 5 nitrogen and oxygen atoms in total. The van der Waals surface area contributed by atoms with Crippen LogP contribution in [0.2, 0.25) is 0 Å². The quantitative estimate of drug-likeness (QED) is 0.0373. The lowest BCUT2D eigenvalue weighted by atomic mass is 10.0. The van der Waals surface area contributed by atoms with Crippen molar-refractivity contribution in [3.63, 3.8) is 0 Å². The van der Waals surface area contributed by atoms with Gasteiger partial charge in [0, 0.05) is 12.8 Å². The van der Waals surface area contributed by atoms with E-state index >= 15 is 0 Å². The molecule has 0 aliphatic carbocycles. The van der Waals surface area contributed by atoms with Crippen LogP contribution in [-0.4, -0.2) is 36.4 Å². The Balaban J connectivity index is 3.44. The first-order chi connectivity index (χ1) is 37.1. The first kappa shape index (κ1) is 72.3. The van der Waals surface area contributed by atoms with Gasteiger partial charge in [-0.3, -0.25) is 9.59 Å². The highest BCUT2D eigenvalue weighted by Gasteiger charge is 2.16. The van der Waals surface area contributed by atoms with Crippen LogP contribution in [0.4, 0.5) is 0 Å². The number of allylic oxidation sites excluding steroid dienone is 12. The van der Waals surface area contributed by atoms with E-state index in [-0.39, 0.29) is 25.2 Å². The van der Waals surface area contributed by atoms with E-state index in [1.165, 1.54) is 238 Å². The smallest absolute Gasteiger partial charge is 0.306 e. The first-order valence-electron chi connectivity index (χ1n) is 33.0. The molecule has 0 aromatic carbocycles. The third kappa shape index (κ3) is 63.8. The van der Waals surface area contributed by atoms with E-state index in [4.69, 9.17) is 9.47 Å². The lowest BCUT2D eigenvalue weighted by Gasteiger charge is -2.15. The minimum atomic E-state index is -0.774. The average molecular weight is 1050 g/mol. The molecule has 0 amide bonds. The fourth-order valence-corrected chi connectivity index (χ4v) is 9.86. The van der Waals surface area contributed by atoms with Crippen molar-refractivity contribution in [1.29, 1.82) is 0 Å². The highest BCUT2D eigenvalue weighted by atomic mass is 16.6. The van der Waals surface area contributed by atoms with E-state index in [1.54, 1.807) is 0 Å².